The minimum Gasteiger partial charge on any atom is -0.487 e. The van der Waals surface area contributed by atoms with Gasteiger partial charge < -0.3 is 10.1 Å². The molecular formula is C14H19N3O3. The lowest BCUT2D eigenvalue weighted by Gasteiger charge is -2.11. The van der Waals surface area contributed by atoms with Gasteiger partial charge in [0.2, 0.25) is 0 Å². The second-order valence-corrected chi connectivity index (χ2v) is 4.29. The van der Waals surface area contributed by atoms with Gasteiger partial charge in [0.05, 0.1) is 23.6 Å². The maximum Gasteiger partial charge on any atom is 0.311 e. The summed E-state index contributed by atoms with van der Waals surface area (Å²) in [6, 6.07) is 6.78. The molecule has 6 heteroatoms. The van der Waals surface area contributed by atoms with Crippen LogP contribution in [0.25, 0.3) is 0 Å². The quantitative estimate of drug-likeness (QED) is 0.582. The summed E-state index contributed by atoms with van der Waals surface area (Å²) >= 11 is 0. The third-order valence-corrected chi connectivity index (χ3v) is 2.90. The number of hydrogen-bond donors (Lipinski definition) is 1. The van der Waals surface area contributed by atoms with Crippen molar-refractivity contribution in [1.29, 1.82) is 5.26 Å². The zero-order valence-corrected chi connectivity index (χ0v) is 11.8. The number of aryl methyl sites for hydroxylation is 1. The van der Waals surface area contributed by atoms with Gasteiger partial charge in [0.1, 0.15) is 0 Å². The van der Waals surface area contributed by atoms with Crippen molar-refractivity contribution in [2.45, 2.75) is 32.7 Å². The number of benzene rings is 1. The van der Waals surface area contributed by atoms with E-state index in [2.05, 4.69) is 11.4 Å². The van der Waals surface area contributed by atoms with Gasteiger partial charge >= 0.3 is 5.69 Å². The van der Waals surface area contributed by atoms with Crippen LogP contribution in [0.3, 0.4) is 0 Å². The molecule has 0 radical (unpaired) electrons. The second-order valence-electron chi connectivity index (χ2n) is 4.29. The molecule has 0 saturated carbocycles. The highest BCUT2D eigenvalue weighted by atomic mass is 16.6. The van der Waals surface area contributed by atoms with Gasteiger partial charge in [0.15, 0.2) is 5.75 Å². The number of ether oxygens (including phenoxy) is 1. The van der Waals surface area contributed by atoms with E-state index in [0.717, 1.165) is 12.0 Å². The summed E-state index contributed by atoms with van der Waals surface area (Å²) in [5.41, 5.74) is 0.868. The Morgan fingerprint density at radius 1 is 1.50 bits per heavy atom. The number of nitro benzene ring substituents is 1. The third kappa shape index (κ3) is 4.52. The minimum atomic E-state index is -0.444. The van der Waals surface area contributed by atoms with Crippen LogP contribution in [-0.4, -0.2) is 24.1 Å². The normalized spacial score (nSPS) is 11.7. The zero-order valence-electron chi connectivity index (χ0n) is 11.8. The Morgan fingerprint density at radius 2 is 2.25 bits per heavy atom. The van der Waals surface area contributed by atoms with Crippen LogP contribution in [0.2, 0.25) is 0 Å². The first-order valence-electron chi connectivity index (χ1n) is 6.65. The van der Waals surface area contributed by atoms with Crippen molar-refractivity contribution in [2.75, 3.05) is 13.2 Å². The first kappa shape index (κ1) is 15.9. The Balaban J connectivity index is 2.68. The monoisotopic (exact) mass is 277 g/mol. The van der Waals surface area contributed by atoms with Gasteiger partial charge in [0.25, 0.3) is 0 Å². The number of nitrogens with zero attached hydrogens (tertiary/aromatic N) is 2. The Labute approximate surface area is 118 Å². The van der Waals surface area contributed by atoms with Crippen molar-refractivity contribution in [2.24, 2.45) is 0 Å². The van der Waals surface area contributed by atoms with Crippen molar-refractivity contribution >= 4 is 5.69 Å². The fraction of sp³-hybridized carbons (Fsp3) is 0.500. The number of nitrogens with one attached hydrogen (secondary N) is 1. The summed E-state index contributed by atoms with van der Waals surface area (Å²) in [5.74, 6) is 0.250. The van der Waals surface area contributed by atoms with E-state index >= 15 is 0 Å². The van der Waals surface area contributed by atoms with Gasteiger partial charge in [-0.05, 0) is 24.6 Å². The van der Waals surface area contributed by atoms with Crippen molar-refractivity contribution in [3.05, 3.63) is 33.9 Å². The molecule has 6 nitrogen and oxygen atoms in total. The molecule has 1 N–H and O–H groups in total. The molecule has 0 spiro atoms. The molecule has 0 aliphatic rings. The topological polar surface area (TPSA) is 88.2 Å². The molecule has 108 valence electrons. The highest BCUT2D eigenvalue weighted by Crippen LogP contribution is 2.28. The van der Waals surface area contributed by atoms with Crippen molar-refractivity contribution in [1.82, 2.24) is 5.32 Å². The van der Waals surface area contributed by atoms with Crippen LogP contribution in [0.1, 0.15) is 25.8 Å². The van der Waals surface area contributed by atoms with Crippen LogP contribution in [-0.2, 0) is 6.42 Å². The van der Waals surface area contributed by atoms with E-state index in [1.54, 1.807) is 6.07 Å². The summed E-state index contributed by atoms with van der Waals surface area (Å²) in [5, 5.41) is 22.9. The average molecular weight is 277 g/mol. The molecule has 0 heterocycles. The van der Waals surface area contributed by atoms with E-state index in [4.69, 9.17) is 10.00 Å². The third-order valence-electron chi connectivity index (χ3n) is 2.90. The zero-order chi connectivity index (χ0) is 15.0. The molecule has 1 aromatic rings. The summed E-state index contributed by atoms with van der Waals surface area (Å²) in [6.07, 6.45) is 1.22. The maximum atomic E-state index is 11.0. The maximum absolute atomic E-state index is 11.0. The molecule has 0 aliphatic carbocycles. The lowest BCUT2D eigenvalue weighted by Crippen LogP contribution is -2.28. The van der Waals surface area contributed by atoms with Gasteiger partial charge in [-0.1, -0.05) is 19.9 Å². The van der Waals surface area contributed by atoms with Crippen LogP contribution in [0.4, 0.5) is 5.69 Å². The summed E-state index contributed by atoms with van der Waals surface area (Å²) in [7, 11) is 0. The van der Waals surface area contributed by atoms with Gasteiger partial charge in [-0.15, -0.1) is 0 Å². The van der Waals surface area contributed by atoms with E-state index in [-0.39, 0.29) is 24.1 Å². The van der Waals surface area contributed by atoms with E-state index in [1.807, 2.05) is 19.9 Å². The van der Waals surface area contributed by atoms with Crippen molar-refractivity contribution in [3.8, 4) is 11.8 Å². The Bertz CT molecular complexity index is 497. The largest absolute Gasteiger partial charge is 0.487 e. The Hall–Kier alpha value is -2.13. The van der Waals surface area contributed by atoms with Crippen LogP contribution >= 0.6 is 0 Å². The standard InChI is InChI=1S/C14H19N3O3/c1-3-11-5-6-14(13(9-11)17(18)19)20-8-7-12(10-15)16-4-2/h5-6,9,12,16H,3-4,7-8H2,1-2H3. The van der Waals surface area contributed by atoms with E-state index in [9.17, 15) is 10.1 Å². The van der Waals surface area contributed by atoms with Crippen LogP contribution in [0, 0.1) is 21.4 Å². The number of nitro groups is 1. The van der Waals surface area contributed by atoms with Crippen molar-refractivity contribution < 1.29 is 9.66 Å². The number of hydrogen-bond acceptors (Lipinski definition) is 5. The highest BCUT2D eigenvalue weighted by molar-refractivity contribution is 5.48. The van der Waals surface area contributed by atoms with Crippen LogP contribution in [0.5, 0.6) is 5.75 Å². The summed E-state index contributed by atoms with van der Waals surface area (Å²) in [4.78, 5) is 10.6. The summed E-state index contributed by atoms with van der Waals surface area (Å²) in [6.45, 7) is 4.81. The Morgan fingerprint density at radius 3 is 2.80 bits per heavy atom. The van der Waals surface area contributed by atoms with Gasteiger partial charge in [-0.25, -0.2) is 0 Å². The van der Waals surface area contributed by atoms with E-state index in [0.29, 0.717) is 13.0 Å². The first-order chi connectivity index (χ1) is 9.62. The minimum absolute atomic E-state index is 0.0266. The molecule has 1 aromatic carbocycles. The number of rotatable bonds is 8. The molecule has 1 unspecified atom stereocenters. The molecule has 1 rings (SSSR count). The lowest BCUT2D eigenvalue weighted by molar-refractivity contribution is -0.385. The molecule has 0 aromatic heterocycles. The van der Waals surface area contributed by atoms with Crippen LogP contribution < -0.4 is 10.1 Å². The van der Waals surface area contributed by atoms with Gasteiger partial charge in [-0.2, -0.15) is 5.26 Å². The summed E-state index contributed by atoms with van der Waals surface area (Å²) < 4.78 is 5.44. The van der Waals surface area contributed by atoms with Gasteiger partial charge in [-0.3, -0.25) is 10.1 Å². The van der Waals surface area contributed by atoms with Gasteiger partial charge in [0, 0.05) is 12.5 Å². The smallest absolute Gasteiger partial charge is 0.311 e. The molecule has 0 aliphatic heterocycles. The van der Waals surface area contributed by atoms with E-state index < -0.39 is 4.92 Å². The molecule has 20 heavy (non-hydrogen) atoms. The molecule has 0 fully saturated rings. The lowest BCUT2D eigenvalue weighted by atomic mass is 10.1. The molecule has 0 bridgehead atoms. The highest BCUT2D eigenvalue weighted by Gasteiger charge is 2.16. The van der Waals surface area contributed by atoms with Crippen molar-refractivity contribution in [3.63, 3.8) is 0 Å². The number of nitriles is 1. The second kappa shape index (κ2) is 8.12. The SMILES string of the molecule is CCNC(C#N)CCOc1ccc(CC)cc1[N+](=O)[O-]. The molecule has 0 saturated heterocycles. The molecule has 0 amide bonds. The molecular weight excluding hydrogens is 258 g/mol. The average Bonchev–Trinajstić information content (AvgIpc) is 2.46. The molecule has 1 atom stereocenters. The predicted molar refractivity (Wildman–Crippen MR) is 75.7 cm³/mol. The van der Waals surface area contributed by atoms with E-state index in [1.165, 1.54) is 6.07 Å². The van der Waals surface area contributed by atoms with Crippen LogP contribution in [0.15, 0.2) is 18.2 Å². The fourth-order valence-corrected chi connectivity index (χ4v) is 1.79. The fourth-order valence-electron chi connectivity index (χ4n) is 1.79. The predicted octanol–water partition coefficient (Wildman–Crippen LogP) is 2.43. The first-order valence-corrected chi connectivity index (χ1v) is 6.65. The Kier molecular flexibility index (Phi) is 6.47.